The lowest BCUT2D eigenvalue weighted by molar-refractivity contribution is -0.134. The maximum Gasteiger partial charge on any atom is 0.336 e. The molecule has 0 radical (unpaired) electrons. The van der Waals surface area contributed by atoms with E-state index in [1.807, 2.05) is 25.7 Å². The third-order valence-electron chi connectivity index (χ3n) is 3.13. The Morgan fingerprint density at radius 1 is 1.18 bits per heavy atom. The van der Waals surface area contributed by atoms with E-state index >= 15 is 0 Å². The van der Waals surface area contributed by atoms with Crippen molar-refractivity contribution in [2.45, 2.75) is 36.0 Å². The molecular formula is C15H23F2NO2SSi. The minimum absolute atomic E-state index is 0.470. The molecular weight excluding hydrogens is 324 g/mol. The van der Waals surface area contributed by atoms with Gasteiger partial charge in [-0.1, -0.05) is 18.2 Å². The molecule has 0 N–H and O–H groups in total. The minimum atomic E-state index is -3.01. The number of halogens is 2. The highest BCUT2D eigenvalue weighted by Crippen LogP contribution is 2.41. The van der Waals surface area contributed by atoms with Crippen LogP contribution >= 0.6 is 11.8 Å². The van der Waals surface area contributed by atoms with Crippen LogP contribution in [-0.4, -0.2) is 51.0 Å². The van der Waals surface area contributed by atoms with Crippen LogP contribution in [0.1, 0.15) is 0 Å². The maximum atomic E-state index is 14.9. The summed E-state index contributed by atoms with van der Waals surface area (Å²) in [7, 11) is -2.11. The summed E-state index contributed by atoms with van der Waals surface area (Å²) < 4.78 is 40.9. The number of thioether (sulfide) groups is 1. The maximum absolute atomic E-state index is 14.9. The molecule has 3 nitrogen and oxygen atoms in total. The fourth-order valence-electron chi connectivity index (χ4n) is 2.20. The summed E-state index contributed by atoms with van der Waals surface area (Å²) in [5.41, 5.74) is 0. The van der Waals surface area contributed by atoms with Crippen LogP contribution in [0, 0.1) is 0 Å². The molecule has 0 aromatic heterocycles. The Balaban J connectivity index is 2.17. The number of morpholine rings is 1. The third kappa shape index (κ3) is 5.31. The van der Waals surface area contributed by atoms with E-state index in [9.17, 15) is 8.78 Å². The highest BCUT2D eigenvalue weighted by Gasteiger charge is 2.47. The van der Waals surface area contributed by atoms with E-state index in [0.717, 1.165) is 0 Å². The number of benzene rings is 1. The Kier molecular flexibility index (Phi) is 6.01. The summed E-state index contributed by atoms with van der Waals surface area (Å²) in [6, 6.07) is 8.75. The number of ether oxygens (including phenoxy) is 1. The van der Waals surface area contributed by atoms with Gasteiger partial charge in [-0.2, -0.15) is 8.78 Å². The molecule has 1 heterocycles. The van der Waals surface area contributed by atoms with Gasteiger partial charge in [-0.05, 0) is 43.5 Å². The lowest BCUT2D eigenvalue weighted by Crippen LogP contribution is -2.55. The van der Waals surface area contributed by atoms with Crippen LogP contribution in [0.5, 0.6) is 0 Å². The van der Waals surface area contributed by atoms with E-state index in [2.05, 4.69) is 0 Å². The molecule has 1 aliphatic rings. The summed E-state index contributed by atoms with van der Waals surface area (Å²) in [4.78, 5) is 2.25. The first-order valence-corrected chi connectivity index (χ1v) is 11.6. The van der Waals surface area contributed by atoms with Gasteiger partial charge >= 0.3 is 5.25 Å². The van der Waals surface area contributed by atoms with E-state index < -0.39 is 19.8 Å². The van der Waals surface area contributed by atoms with Crippen LogP contribution in [-0.2, 0) is 9.16 Å². The zero-order chi connectivity index (χ0) is 16.2. The average Bonchev–Trinajstić information content (AvgIpc) is 2.45. The number of nitrogens with zero attached hydrogens (tertiary/aromatic N) is 1. The number of hydrogen-bond donors (Lipinski definition) is 0. The van der Waals surface area contributed by atoms with Crippen molar-refractivity contribution in [1.82, 2.24) is 4.90 Å². The van der Waals surface area contributed by atoms with Crippen LogP contribution < -0.4 is 0 Å². The van der Waals surface area contributed by atoms with Crippen LogP contribution in [0.2, 0.25) is 19.6 Å². The van der Waals surface area contributed by atoms with E-state index in [1.54, 1.807) is 29.2 Å². The van der Waals surface area contributed by atoms with Gasteiger partial charge in [0.05, 0.1) is 13.2 Å². The van der Waals surface area contributed by atoms with Crippen molar-refractivity contribution in [2.24, 2.45) is 0 Å². The molecule has 0 amide bonds. The Bertz CT molecular complexity index is 464. The molecule has 0 spiro atoms. The lowest BCUT2D eigenvalue weighted by atomic mass is 10.4. The number of hydrogen-bond acceptors (Lipinski definition) is 4. The lowest BCUT2D eigenvalue weighted by Gasteiger charge is -2.40. The summed E-state index contributed by atoms with van der Waals surface area (Å²) in [5, 5.41) is -3.01. The van der Waals surface area contributed by atoms with E-state index in [4.69, 9.17) is 9.16 Å². The Morgan fingerprint density at radius 2 is 1.77 bits per heavy atom. The van der Waals surface area contributed by atoms with Crippen LogP contribution in [0.25, 0.3) is 0 Å². The largest absolute Gasteiger partial charge is 0.397 e. The molecule has 0 saturated carbocycles. The summed E-state index contributed by atoms with van der Waals surface area (Å²) in [6.45, 7) is 7.69. The molecule has 2 rings (SSSR count). The SMILES string of the molecule is C[Si](C)(C)OC(N1CCOCC1)C(F)(F)Sc1ccccc1. The van der Waals surface area contributed by atoms with Crippen LogP contribution in [0.3, 0.4) is 0 Å². The van der Waals surface area contributed by atoms with Crippen LogP contribution in [0.4, 0.5) is 8.78 Å². The molecule has 0 bridgehead atoms. The van der Waals surface area contributed by atoms with Gasteiger partial charge in [0.25, 0.3) is 0 Å². The summed E-state index contributed by atoms with van der Waals surface area (Å²) in [5.74, 6) is 0. The van der Waals surface area contributed by atoms with Gasteiger partial charge in [-0.3, -0.25) is 4.90 Å². The molecule has 1 aromatic rings. The van der Waals surface area contributed by atoms with E-state index in [1.165, 1.54) is 0 Å². The van der Waals surface area contributed by atoms with Gasteiger partial charge in [0.2, 0.25) is 0 Å². The zero-order valence-corrected chi connectivity index (χ0v) is 15.0. The first-order valence-electron chi connectivity index (χ1n) is 7.39. The normalized spacial score (nSPS) is 19.1. The molecule has 0 aliphatic carbocycles. The van der Waals surface area contributed by atoms with Gasteiger partial charge in [0.15, 0.2) is 14.5 Å². The molecule has 1 aromatic carbocycles. The fourth-order valence-corrected chi connectivity index (χ4v) is 4.16. The highest BCUT2D eigenvalue weighted by molar-refractivity contribution is 8.00. The van der Waals surface area contributed by atoms with Gasteiger partial charge in [-0.25, -0.2) is 0 Å². The molecule has 1 atom stereocenters. The van der Waals surface area contributed by atoms with Gasteiger partial charge in [-0.15, -0.1) is 0 Å². The summed E-state index contributed by atoms with van der Waals surface area (Å²) in [6.07, 6.45) is -1.21. The Hall–Kier alpha value is -0.473. The number of rotatable bonds is 6. The molecule has 124 valence electrons. The number of alkyl halides is 2. The van der Waals surface area contributed by atoms with Crippen molar-refractivity contribution < 1.29 is 17.9 Å². The first kappa shape index (κ1) is 17.9. The van der Waals surface area contributed by atoms with Crippen LogP contribution in [0.15, 0.2) is 35.2 Å². The van der Waals surface area contributed by atoms with Crippen molar-refractivity contribution in [2.75, 3.05) is 26.3 Å². The fraction of sp³-hybridized carbons (Fsp3) is 0.600. The predicted molar refractivity (Wildman–Crippen MR) is 87.9 cm³/mol. The van der Waals surface area contributed by atoms with Gasteiger partial charge in [0.1, 0.15) is 0 Å². The van der Waals surface area contributed by atoms with Crippen molar-refractivity contribution in [3.8, 4) is 0 Å². The van der Waals surface area contributed by atoms with E-state index in [-0.39, 0.29) is 0 Å². The second-order valence-electron chi connectivity index (χ2n) is 6.21. The molecule has 22 heavy (non-hydrogen) atoms. The standard InChI is InChI=1S/C15H23F2NO2SSi/c1-22(2,3)20-14(18-9-11-19-12-10-18)15(16,17)21-13-7-5-4-6-8-13/h4-8,14H,9-12H2,1-3H3. The van der Waals surface area contributed by atoms with Crippen molar-refractivity contribution >= 4 is 20.1 Å². The third-order valence-corrected chi connectivity index (χ3v) is 5.04. The van der Waals surface area contributed by atoms with Crippen molar-refractivity contribution in [3.63, 3.8) is 0 Å². The monoisotopic (exact) mass is 347 g/mol. The summed E-state index contributed by atoms with van der Waals surface area (Å²) >= 11 is 0.570. The smallest absolute Gasteiger partial charge is 0.336 e. The van der Waals surface area contributed by atoms with Gasteiger partial charge in [0, 0.05) is 18.0 Å². The second kappa shape index (κ2) is 7.40. The molecule has 1 fully saturated rings. The van der Waals surface area contributed by atoms with Crippen molar-refractivity contribution in [1.29, 1.82) is 0 Å². The Labute approximate surface area is 136 Å². The van der Waals surface area contributed by atoms with Gasteiger partial charge < -0.3 is 9.16 Å². The predicted octanol–water partition coefficient (Wildman–Crippen LogP) is 3.88. The van der Waals surface area contributed by atoms with E-state index in [0.29, 0.717) is 43.0 Å². The van der Waals surface area contributed by atoms with Crippen molar-refractivity contribution in [3.05, 3.63) is 30.3 Å². The Morgan fingerprint density at radius 3 is 2.32 bits per heavy atom. The first-order chi connectivity index (χ1) is 10.3. The second-order valence-corrected chi connectivity index (χ2v) is 11.9. The average molecular weight is 348 g/mol. The zero-order valence-electron chi connectivity index (χ0n) is 13.2. The quantitative estimate of drug-likeness (QED) is 0.575. The topological polar surface area (TPSA) is 21.7 Å². The highest BCUT2D eigenvalue weighted by atomic mass is 32.2. The molecule has 7 heteroatoms. The minimum Gasteiger partial charge on any atom is -0.397 e. The molecule has 1 saturated heterocycles. The molecule has 1 aliphatic heterocycles. The molecule has 1 unspecified atom stereocenters.